The van der Waals surface area contributed by atoms with Crippen LogP contribution in [0.15, 0.2) is 24.3 Å². The van der Waals surface area contributed by atoms with E-state index in [2.05, 4.69) is 10.6 Å². The van der Waals surface area contributed by atoms with Crippen LogP contribution in [-0.4, -0.2) is 43.6 Å². The van der Waals surface area contributed by atoms with Crippen molar-refractivity contribution in [2.24, 2.45) is 11.3 Å². The van der Waals surface area contributed by atoms with E-state index in [0.717, 1.165) is 37.8 Å². The van der Waals surface area contributed by atoms with Crippen molar-refractivity contribution in [2.45, 2.75) is 72.4 Å². The highest BCUT2D eigenvalue weighted by Gasteiger charge is 2.39. The Hall–Kier alpha value is -2.41. The number of benzene rings is 1. The number of nitrogens with one attached hydrogen (secondary N) is 2. The summed E-state index contributed by atoms with van der Waals surface area (Å²) in [5.74, 6) is -0.258. The Balaban J connectivity index is 1.73. The van der Waals surface area contributed by atoms with Crippen LogP contribution >= 0.6 is 0 Å². The van der Waals surface area contributed by atoms with Crippen LogP contribution in [0, 0.1) is 11.3 Å². The summed E-state index contributed by atoms with van der Waals surface area (Å²) in [6.45, 7) is 9.36. The minimum atomic E-state index is -0.437. The zero-order valence-corrected chi connectivity index (χ0v) is 19.9. The van der Waals surface area contributed by atoms with Gasteiger partial charge in [0.25, 0.3) is 5.91 Å². The lowest BCUT2D eigenvalue weighted by Gasteiger charge is -2.37. The van der Waals surface area contributed by atoms with Gasteiger partial charge < -0.3 is 20.1 Å². The van der Waals surface area contributed by atoms with Gasteiger partial charge in [-0.05, 0) is 77.0 Å². The first-order chi connectivity index (χ1) is 15.3. The Morgan fingerprint density at radius 3 is 2.19 bits per heavy atom. The third-order valence-electron chi connectivity index (χ3n) is 6.28. The van der Waals surface area contributed by atoms with Crippen LogP contribution in [0.25, 0.3) is 0 Å². The van der Waals surface area contributed by atoms with Gasteiger partial charge in [-0.25, -0.2) is 0 Å². The number of rotatable bonds is 11. The van der Waals surface area contributed by atoms with Crippen molar-refractivity contribution in [2.75, 3.05) is 19.8 Å². The molecule has 2 N–H and O–H groups in total. The molecule has 1 aliphatic carbocycles. The van der Waals surface area contributed by atoms with Gasteiger partial charge in [-0.1, -0.05) is 12.1 Å². The largest absolute Gasteiger partial charge is 0.466 e. The number of carbonyl (C=O) groups excluding carboxylic acids is 3. The fourth-order valence-corrected chi connectivity index (χ4v) is 4.15. The van der Waals surface area contributed by atoms with Gasteiger partial charge in [-0.2, -0.15) is 0 Å². The molecule has 0 radical (unpaired) electrons. The SMILES string of the molecule is CCOC(=O)CCNC(=O)c1ccc(CNC2CCC(C(C)(C)C(=O)OCC)CC2)cc1. The fraction of sp³-hybridized carbons (Fsp3) is 0.640. The van der Waals surface area contributed by atoms with Gasteiger partial charge in [0, 0.05) is 24.7 Å². The summed E-state index contributed by atoms with van der Waals surface area (Å²) in [6.07, 6.45) is 4.26. The van der Waals surface area contributed by atoms with E-state index in [-0.39, 0.29) is 30.8 Å². The molecule has 0 spiro atoms. The Bertz CT molecular complexity index is 752. The highest BCUT2D eigenvalue weighted by molar-refractivity contribution is 5.94. The van der Waals surface area contributed by atoms with Crippen molar-refractivity contribution in [3.63, 3.8) is 0 Å². The summed E-state index contributed by atoms with van der Waals surface area (Å²) in [4.78, 5) is 35.8. The molecule has 178 valence electrons. The quantitative estimate of drug-likeness (QED) is 0.505. The summed E-state index contributed by atoms with van der Waals surface area (Å²) in [5, 5.41) is 6.34. The molecule has 1 aromatic rings. The van der Waals surface area contributed by atoms with Gasteiger partial charge in [0.1, 0.15) is 0 Å². The average molecular weight is 447 g/mol. The van der Waals surface area contributed by atoms with Gasteiger partial charge in [-0.15, -0.1) is 0 Å². The van der Waals surface area contributed by atoms with E-state index >= 15 is 0 Å². The Kier molecular flexibility index (Phi) is 10.2. The number of esters is 2. The van der Waals surface area contributed by atoms with Crippen molar-refractivity contribution in [3.8, 4) is 0 Å². The second-order valence-corrected chi connectivity index (χ2v) is 8.88. The summed E-state index contributed by atoms with van der Waals surface area (Å²) in [7, 11) is 0. The van der Waals surface area contributed by atoms with Gasteiger partial charge in [0.05, 0.1) is 25.0 Å². The molecule has 32 heavy (non-hydrogen) atoms. The monoisotopic (exact) mass is 446 g/mol. The van der Waals surface area contributed by atoms with E-state index in [1.54, 1.807) is 19.1 Å². The number of hydrogen-bond donors (Lipinski definition) is 2. The molecule has 0 heterocycles. The highest BCUT2D eigenvalue weighted by Crippen LogP contribution is 2.39. The van der Waals surface area contributed by atoms with Crippen molar-refractivity contribution in [1.29, 1.82) is 0 Å². The Labute approximate surface area is 191 Å². The maximum Gasteiger partial charge on any atom is 0.311 e. The number of carbonyl (C=O) groups is 3. The molecule has 7 nitrogen and oxygen atoms in total. The van der Waals surface area contributed by atoms with Crippen LogP contribution in [0.3, 0.4) is 0 Å². The lowest BCUT2D eigenvalue weighted by atomic mass is 9.70. The van der Waals surface area contributed by atoms with Crippen LogP contribution in [0.5, 0.6) is 0 Å². The third-order valence-corrected chi connectivity index (χ3v) is 6.28. The lowest BCUT2D eigenvalue weighted by molar-refractivity contribution is -0.157. The predicted octanol–water partition coefficient (Wildman–Crippen LogP) is 3.61. The second kappa shape index (κ2) is 12.6. The number of ether oxygens (including phenoxy) is 2. The van der Waals surface area contributed by atoms with Crippen molar-refractivity contribution >= 4 is 17.8 Å². The molecule has 0 unspecified atom stereocenters. The van der Waals surface area contributed by atoms with Crippen LogP contribution in [0.1, 0.15) is 75.7 Å². The summed E-state index contributed by atoms with van der Waals surface area (Å²) >= 11 is 0. The van der Waals surface area contributed by atoms with Gasteiger partial charge in [0.15, 0.2) is 0 Å². The van der Waals surface area contributed by atoms with E-state index in [1.165, 1.54) is 0 Å². The van der Waals surface area contributed by atoms with Crippen molar-refractivity contribution in [3.05, 3.63) is 35.4 Å². The molecule has 1 saturated carbocycles. The molecular weight excluding hydrogens is 408 g/mol. The maximum absolute atomic E-state index is 12.3. The van der Waals surface area contributed by atoms with Gasteiger partial charge >= 0.3 is 11.9 Å². The van der Waals surface area contributed by atoms with Gasteiger partial charge in [0.2, 0.25) is 0 Å². The Morgan fingerprint density at radius 1 is 0.969 bits per heavy atom. The standard InChI is InChI=1S/C25H38N2O5/c1-5-31-22(28)15-16-26-23(29)19-9-7-18(8-10-19)17-27-21-13-11-20(12-14-21)25(3,4)24(30)32-6-2/h7-10,20-21,27H,5-6,11-17H2,1-4H3,(H,26,29). The molecule has 0 bridgehead atoms. The van der Waals surface area contributed by atoms with Crippen LogP contribution in [-0.2, 0) is 25.6 Å². The minimum Gasteiger partial charge on any atom is -0.466 e. The second-order valence-electron chi connectivity index (χ2n) is 8.88. The third kappa shape index (κ3) is 7.62. The first-order valence-electron chi connectivity index (χ1n) is 11.7. The lowest BCUT2D eigenvalue weighted by Crippen LogP contribution is -2.40. The normalized spacial score (nSPS) is 18.6. The topological polar surface area (TPSA) is 93.7 Å². The molecule has 0 saturated heterocycles. The van der Waals surface area contributed by atoms with Crippen LogP contribution in [0.2, 0.25) is 0 Å². The van der Waals surface area contributed by atoms with Gasteiger partial charge in [-0.3, -0.25) is 14.4 Å². The minimum absolute atomic E-state index is 0.0959. The van der Waals surface area contributed by atoms with E-state index in [4.69, 9.17) is 9.47 Å². The first-order valence-corrected chi connectivity index (χ1v) is 11.7. The molecule has 2 rings (SSSR count). The summed E-state index contributed by atoms with van der Waals surface area (Å²) in [5.41, 5.74) is 1.25. The van der Waals surface area contributed by atoms with E-state index in [1.807, 2.05) is 32.9 Å². The molecule has 1 aromatic carbocycles. The van der Waals surface area contributed by atoms with Crippen LogP contribution in [0.4, 0.5) is 0 Å². The number of hydrogen-bond acceptors (Lipinski definition) is 6. The zero-order valence-electron chi connectivity index (χ0n) is 19.9. The maximum atomic E-state index is 12.3. The molecule has 1 fully saturated rings. The molecular formula is C25H38N2O5. The summed E-state index contributed by atoms with van der Waals surface area (Å²) < 4.78 is 10.1. The smallest absolute Gasteiger partial charge is 0.311 e. The average Bonchev–Trinajstić information content (AvgIpc) is 2.78. The molecule has 0 atom stereocenters. The fourth-order valence-electron chi connectivity index (χ4n) is 4.15. The summed E-state index contributed by atoms with van der Waals surface area (Å²) in [6, 6.07) is 7.92. The van der Waals surface area contributed by atoms with Crippen molar-refractivity contribution in [1.82, 2.24) is 10.6 Å². The Morgan fingerprint density at radius 2 is 1.59 bits per heavy atom. The molecule has 0 aromatic heterocycles. The molecule has 0 aliphatic heterocycles. The number of amides is 1. The van der Waals surface area contributed by atoms with E-state index in [0.29, 0.717) is 30.7 Å². The van der Waals surface area contributed by atoms with E-state index < -0.39 is 5.41 Å². The molecule has 7 heteroatoms. The van der Waals surface area contributed by atoms with Crippen LogP contribution < -0.4 is 10.6 Å². The predicted molar refractivity (Wildman–Crippen MR) is 123 cm³/mol. The highest BCUT2D eigenvalue weighted by atomic mass is 16.5. The van der Waals surface area contributed by atoms with Crippen molar-refractivity contribution < 1.29 is 23.9 Å². The zero-order chi connectivity index (χ0) is 23.6. The first kappa shape index (κ1) is 25.8. The van der Waals surface area contributed by atoms with E-state index in [9.17, 15) is 14.4 Å². The molecule has 1 amide bonds. The molecule has 1 aliphatic rings.